The van der Waals surface area contributed by atoms with Crippen LogP contribution in [0.5, 0.6) is 0 Å². The molecule has 0 fully saturated rings. The van der Waals surface area contributed by atoms with Crippen molar-refractivity contribution in [1.29, 1.82) is 0 Å². The summed E-state index contributed by atoms with van der Waals surface area (Å²) < 4.78 is 59.9. The van der Waals surface area contributed by atoms with Crippen molar-refractivity contribution in [2.24, 2.45) is 0 Å². The van der Waals surface area contributed by atoms with Gasteiger partial charge in [-0.15, -0.1) is 0 Å². The highest BCUT2D eigenvalue weighted by Gasteiger charge is 2.63. The molecule has 16 heavy (non-hydrogen) atoms. The number of halogens is 5. The second-order valence-electron chi connectivity index (χ2n) is 2.84. The Kier molecular flexibility index (Phi) is 3.15. The van der Waals surface area contributed by atoms with Gasteiger partial charge >= 0.3 is 18.0 Å². The second kappa shape index (κ2) is 4.06. The van der Waals surface area contributed by atoms with Crippen LogP contribution in [0.4, 0.5) is 22.0 Å². The number of aromatic amines is 1. The van der Waals surface area contributed by atoms with Crippen molar-refractivity contribution in [2.75, 3.05) is 0 Å². The molecule has 1 aromatic rings. The van der Waals surface area contributed by atoms with E-state index in [1.807, 2.05) is 0 Å². The van der Waals surface area contributed by atoms with Crippen molar-refractivity contribution in [1.82, 2.24) is 15.5 Å². The number of amides is 1. The smallest absolute Gasteiger partial charge is 0.345 e. The van der Waals surface area contributed by atoms with E-state index in [0.29, 0.717) is 0 Å². The number of carbonyl (C=O) groups is 1. The Bertz CT molecular complexity index is 359. The first-order valence-electron chi connectivity index (χ1n) is 3.96. The second-order valence-corrected chi connectivity index (χ2v) is 2.84. The molecule has 0 aliphatic heterocycles. The zero-order valence-corrected chi connectivity index (χ0v) is 7.61. The van der Waals surface area contributed by atoms with Crippen molar-refractivity contribution in [3.63, 3.8) is 0 Å². The van der Waals surface area contributed by atoms with E-state index in [-0.39, 0.29) is 5.69 Å². The number of hydrogen-bond acceptors (Lipinski definition) is 2. The molecule has 0 atom stereocenters. The third kappa shape index (κ3) is 2.47. The Hall–Kier alpha value is -1.67. The lowest BCUT2D eigenvalue weighted by atomic mass is 10.3. The maximum absolute atomic E-state index is 12.4. The first-order valence-corrected chi connectivity index (χ1v) is 3.96. The normalized spacial score (nSPS) is 12.6. The van der Waals surface area contributed by atoms with Crippen molar-refractivity contribution in [2.45, 2.75) is 18.6 Å². The molecule has 2 N–H and O–H groups in total. The molecule has 0 radical (unpaired) electrons. The lowest BCUT2D eigenvalue weighted by Crippen LogP contribution is -2.50. The van der Waals surface area contributed by atoms with Gasteiger partial charge in [-0.05, 0) is 6.07 Å². The predicted octanol–water partition coefficient (Wildman–Crippen LogP) is 1.22. The Labute approximate surface area is 85.8 Å². The van der Waals surface area contributed by atoms with Crippen LogP contribution in [0.1, 0.15) is 5.69 Å². The van der Waals surface area contributed by atoms with Crippen LogP contribution in [0.3, 0.4) is 0 Å². The summed E-state index contributed by atoms with van der Waals surface area (Å²) >= 11 is 0. The molecule has 1 rings (SSSR count). The van der Waals surface area contributed by atoms with Gasteiger partial charge in [-0.2, -0.15) is 27.1 Å². The van der Waals surface area contributed by atoms with E-state index >= 15 is 0 Å². The van der Waals surface area contributed by atoms with Crippen LogP contribution in [0.25, 0.3) is 0 Å². The molecule has 0 unspecified atom stereocenters. The van der Waals surface area contributed by atoms with Gasteiger partial charge in [0.1, 0.15) is 0 Å². The Morgan fingerprint density at radius 1 is 1.38 bits per heavy atom. The van der Waals surface area contributed by atoms with Crippen molar-refractivity contribution in [3.8, 4) is 0 Å². The molecule has 0 aromatic carbocycles. The van der Waals surface area contributed by atoms with Crippen LogP contribution >= 0.6 is 0 Å². The van der Waals surface area contributed by atoms with Gasteiger partial charge in [0.15, 0.2) is 0 Å². The topological polar surface area (TPSA) is 57.8 Å². The molecule has 1 amide bonds. The zero-order chi connectivity index (χ0) is 12.4. The summed E-state index contributed by atoms with van der Waals surface area (Å²) in [6.07, 6.45) is -4.63. The molecule has 0 aliphatic carbocycles. The van der Waals surface area contributed by atoms with Crippen molar-refractivity contribution in [3.05, 3.63) is 18.0 Å². The Morgan fingerprint density at radius 3 is 2.44 bits per heavy atom. The number of hydrogen-bond donors (Lipinski definition) is 2. The van der Waals surface area contributed by atoms with Crippen LogP contribution < -0.4 is 5.32 Å². The quantitative estimate of drug-likeness (QED) is 0.784. The number of nitrogens with zero attached hydrogens (tertiary/aromatic N) is 1. The molecule has 1 aromatic heterocycles. The fourth-order valence-corrected chi connectivity index (χ4v) is 0.798. The molecule has 0 saturated heterocycles. The van der Waals surface area contributed by atoms with Crippen LogP contribution in [0, 0.1) is 0 Å². The SMILES string of the molecule is O=C(NCc1ccn[nH]1)C(F)(F)C(F)(F)F. The van der Waals surface area contributed by atoms with E-state index in [0.717, 1.165) is 0 Å². The maximum atomic E-state index is 12.4. The zero-order valence-electron chi connectivity index (χ0n) is 7.61. The van der Waals surface area contributed by atoms with E-state index in [2.05, 4.69) is 10.2 Å². The average molecular weight is 243 g/mol. The van der Waals surface area contributed by atoms with Gasteiger partial charge in [0.25, 0.3) is 0 Å². The number of H-pyrrole nitrogens is 1. The van der Waals surface area contributed by atoms with Gasteiger partial charge in [-0.3, -0.25) is 9.89 Å². The van der Waals surface area contributed by atoms with Gasteiger partial charge in [0.05, 0.1) is 12.2 Å². The third-order valence-electron chi connectivity index (χ3n) is 1.64. The van der Waals surface area contributed by atoms with Crippen molar-refractivity contribution < 1.29 is 26.7 Å². The molecule has 0 saturated carbocycles. The molecular formula is C7H6F5N3O. The minimum atomic E-state index is -5.90. The molecule has 0 spiro atoms. The summed E-state index contributed by atoms with van der Waals surface area (Å²) in [4.78, 5) is 10.6. The van der Waals surface area contributed by atoms with Gasteiger partial charge in [0.2, 0.25) is 0 Å². The molecular weight excluding hydrogens is 237 g/mol. The highest BCUT2D eigenvalue weighted by atomic mass is 19.4. The predicted molar refractivity (Wildman–Crippen MR) is 41.4 cm³/mol. The van der Waals surface area contributed by atoms with Crippen LogP contribution in [-0.2, 0) is 11.3 Å². The first kappa shape index (κ1) is 12.4. The largest absolute Gasteiger partial charge is 0.463 e. The van der Waals surface area contributed by atoms with Crippen molar-refractivity contribution >= 4 is 5.91 Å². The minimum absolute atomic E-state index is 0.214. The highest BCUT2D eigenvalue weighted by molar-refractivity contribution is 5.84. The minimum Gasteiger partial charge on any atom is -0.345 e. The summed E-state index contributed by atoms with van der Waals surface area (Å²) in [5.41, 5.74) is 0.214. The summed E-state index contributed by atoms with van der Waals surface area (Å²) in [6, 6.07) is 1.33. The Morgan fingerprint density at radius 2 is 2.00 bits per heavy atom. The van der Waals surface area contributed by atoms with Gasteiger partial charge < -0.3 is 5.32 Å². The van der Waals surface area contributed by atoms with E-state index in [1.54, 1.807) is 0 Å². The molecule has 1 heterocycles. The fourth-order valence-electron chi connectivity index (χ4n) is 0.798. The molecule has 90 valence electrons. The number of alkyl halides is 5. The van der Waals surface area contributed by atoms with Gasteiger partial charge in [-0.1, -0.05) is 0 Å². The van der Waals surface area contributed by atoms with E-state index < -0.39 is 24.6 Å². The van der Waals surface area contributed by atoms with Crippen LogP contribution in [0.2, 0.25) is 0 Å². The standard InChI is InChI=1S/C7H6F5N3O/c8-6(9,7(10,11)12)5(16)13-3-4-1-2-14-15-4/h1-2H,3H2,(H,13,16)(H,14,15). The fraction of sp³-hybridized carbons (Fsp3) is 0.429. The monoisotopic (exact) mass is 243 g/mol. The molecule has 0 bridgehead atoms. The summed E-state index contributed by atoms with van der Waals surface area (Å²) in [5, 5.41) is 7.17. The number of aromatic nitrogens is 2. The van der Waals surface area contributed by atoms with Gasteiger partial charge in [-0.25, -0.2) is 0 Å². The third-order valence-corrected chi connectivity index (χ3v) is 1.64. The van der Waals surface area contributed by atoms with E-state index in [1.165, 1.54) is 17.6 Å². The molecule has 0 aliphatic rings. The highest BCUT2D eigenvalue weighted by Crippen LogP contribution is 2.35. The van der Waals surface area contributed by atoms with Crippen LogP contribution in [-0.4, -0.2) is 28.2 Å². The summed E-state index contributed by atoms with van der Waals surface area (Å²) in [6.45, 7) is -0.482. The molecule has 4 nitrogen and oxygen atoms in total. The van der Waals surface area contributed by atoms with E-state index in [9.17, 15) is 26.7 Å². The Balaban J connectivity index is 2.59. The lowest BCUT2D eigenvalue weighted by Gasteiger charge is -2.18. The lowest BCUT2D eigenvalue weighted by molar-refractivity contribution is -0.269. The number of nitrogens with one attached hydrogen (secondary N) is 2. The van der Waals surface area contributed by atoms with Gasteiger partial charge in [0, 0.05) is 6.20 Å². The van der Waals surface area contributed by atoms with Crippen LogP contribution in [0.15, 0.2) is 12.3 Å². The average Bonchev–Trinajstić information content (AvgIpc) is 2.64. The summed E-state index contributed by atoms with van der Waals surface area (Å²) in [5.74, 6) is -7.79. The summed E-state index contributed by atoms with van der Waals surface area (Å²) in [7, 11) is 0. The first-order chi connectivity index (χ1) is 7.25. The number of rotatable bonds is 3. The number of carbonyl (C=O) groups excluding carboxylic acids is 1. The molecule has 9 heteroatoms. The van der Waals surface area contributed by atoms with E-state index in [4.69, 9.17) is 0 Å². The maximum Gasteiger partial charge on any atom is 0.463 e.